The number of aryl methyl sites for hydroxylation is 2. The van der Waals surface area contributed by atoms with Crippen molar-refractivity contribution in [1.29, 1.82) is 0 Å². The van der Waals surface area contributed by atoms with Gasteiger partial charge in [-0.3, -0.25) is 14.3 Å². The molecular formula is C12H17BrN4O2. The third-order valence-corrected chi connectivity index (χ3v) is 4.38. The predicted octanol–water partition coefficient (Wildman–Crippen LogP) is 0.728. The molecule has 0 bridgehead atoms. The summed E-state index contributed by atoms with van der Waals surface area (Å²) in [5, 5.41) is 6.92. The topological polar surface area (TPSA) is 67.2 Å². The molecule has 1 saturated heterocycles. The van der Waals surface area contributed by atoms with E-state index in [0.717, 1.165) is 15.9 Å². The number of hydrogen-bond donors (Lipinski definition) is 1. The van der Waals surface area contributed by atoms with Gasteiger partial charge in [-0.15, -0.1) is 0 Å². The Bertz CT molecular complexity index is 526. The lowest BCUT2D eigenvalue weighted by atomic mass is 10.2. The van der Waals surface area contributed by atoms with E-state index >= 15 is 0 Å². The summed E-state index contributed by atoms with van der Waals surface area (Å²) in [5.74, 6) is -0.146. The highest BCUT2D eigenvalue weighted by atomic mass is 79.9. The van der Waals surface area contributed by atoms with E-state index in [-0.39, 0.29) is 24.4 Å². The van der Waals surface area contributed by atoms with Gasteiger partial charge >= 0.3 is 0 Å². The average Bonchev–Trinajstić information content (AvgIpc) is 2.49. The molecule has 1 unspecified atom stereocenters. The summed E-state index contributed by atoms with van der Waals surface area (Å²) in [7, 11) is 1.85. The predicted molar refractivity (Wildman–Crippen MR) is 73.3 cm³/mol. The van der Waals surface area contributed by atoms with Gasteiger partial charge in [-0.05, 0) is 29.8 Å². The van der Waals surface area contributed by atoms with Crippen LogP contribution in [0.4, 0.5) is 0 Å². The number of carbonyl (C=O) groups excluding carboxylic acids is 2. The Balaban J connectivity index is 2.25. The highest BCUT2D eigenvalue weighted by Crippen LogP contribution is 2.23. The maximum Gasteiger partial charge on any atom is 0.242 e. The van der Waals surface area contributed by atoms with Gasteiger partial charge in [-0.25, -0.2) is 0 Å². The molecule has 1 N–H and O–H groups in total. The molecule has 0 saturated carbocycles. The van der Waals surface area contributed by atoms with Crippen molar-refractivity contribution in [2.45, 2.75) is 32.9 Å². The maximum absolute atomic E-state index is 12.1. The van der Waals surface area contributed by atoms with Gasteiger partial charge in [0, 0.05) is 19.5 Å². The van der Waals surface area contributed by atoms with Gasteiger partial charge < -0.3 is 10.2 Å². The van der Waals surface area contributed by atoms with Crippen molar-refractivity contribution in [3.05, 3.63) is 15.9 Å². The third kappa shape index (κ3) is 2.80. The second-order valence-corrected chi connectivity index (χ2v) is 5.61. The van der Waals surface area contributed by atoms with E-state index in [1.807, 2.05) is 20.9 Å². The molecule has 2 amide bonds. The van der Waals surface area contributed by atoms with Gasteiger partial charge in [0.2, 0.25) is 11.8 Å². The number of nitrogens with one attached hydrogen (secondary N) is 1. The Hall–Kier alpha value is -1.37. The second kappa shape index (κ2) is 5.32. The van der Waals surface area contributed by atoms with Crippen molar-refractivity contribution in [2.75, 3.05) is 6.54 Å². The molecule has 6 nitrogen and oxygen atoms in total. The third-order valence-electron chi connectivity index (χ3n) is 3.35. The summed E-state index contributed by atoms with van der Waals surface area (Å²) < 4.78 is 2.68. The number of carbonyl (C=O) groups is 2. The number of amides is 2. The van der Waals surface area contributed by atoms with E-state index in [9.17, 15) is 9.59 Å². The lowest BCUT2D eigenvalue weighted by Gasteiger charge is -2.26. The number of rotatable bonds is 2. The van der Waals surface area contributed by atoms with Gasteiger partial charge in [-0.2, -0.15) is 5.10 Å². The van der Waals surface area contributed by atoms with Crippen LogP contribution in [0.25, 0.3) is 0 Å². The minimum atomic E-state index is -0.114. The highest BCUT2D eigenvalue weighted by Gasteiger charge is 2.28. The summed E-state index contributed by atoms with van der Waals surface area (Å²) in [6.45, 7) is 4.32. The Morgan fingerprint density at radius 3 is 2.74 bits per heavy atom. The van der Waals surface area contributed by atoms with E-state index in [2.05, 4.69) is 26.3 Å². The van der Waals surface area contributed by atoms with E-state index < -0.39 is 0 Å². The van der Waals surface area contributed by atoms with Gasteiger partial charge in [-0.1, -0.05) is 0 Å². The smallest absolute Gasteiger partial charge is 0.242 e. The minimum Gasteiger partial charge on any atom is -0.347 e. The molecular weight excluding hydrogens is 312 g/mol. The molecule has 2 heterocycles. The molecule has 1 fully saturated rings. The first-order chi connectivity index (χ1) is 8.90. The lowest BCUT2D eigenvalue weighted by molar-refractivity contribution is -0.132. The summed E-state index contributed by atoms with van der Waals surface area (Å²) in [6, 6.07) is -0.114. The first kappa shape index (κ1) is 14.0. The van der Waals surface area contributed by atoms with E-state index in [0.29, 0.717) is 13.0 Å². The molecule has 7 heteroatoms. The Kier molecular flexibility index (Phi) is 3.93. The zero-order chi connectivity index (χ0) is 14.2. The van der Waals surface area contributed by atoms with Gasteiger partial charge in [0.15, 0.2) is 0 Å². The van der Waals surface area contributed by atoms with Crippen LogP contribution in [0.3, 0.4) is 0 Å². The number of aromatic nitrogens is 2. The van der Waals surface area contributed by atoms with Crippen molar-refractivity contribution in [2.24, 2.45) is 7.05 Å². The molecule has 2 rings (SSSR count). The number of halogens is 1. The number of hydrogen-bond acceptors (Lipinski definition) is 3. The Morgan fingerprint density at radius 2 is 2.16 bits per heavy atom. The molecule has 1 aliphatic rings. The standard InChI is InChI=1S/C12H17BrN4O2/c1-7-4-10(18)14-5-11(19)17(7)6-9-12(13)8(2)15-16(9)3/h7H,4-6H2,1-3H3,(H,14,18). The van der Waals surface area contributed by atoms with E-state index in [1.165, 1.54) is 0 Å². The zero-order valence-corrected chi connectivity index (χ0v) is 12.8. The highest BCUT2D eigenvalue weighted by molar-refractivity contribution is 9.10. The molecule has 19 heavy (non-hydrogen) atoms. The zero-order valence-electron chi connectivity index (χ0n) is 11.2. The van der Waals surface area contributed by atoms with Crippen LogP contribution in [0.1, 0.15) is 24.7 Å². The summed E-state index contributed by atoms with van der Waals surface area (Å²) >= 11 is 3.50. The Labute approximate surface area is 120 Å². The Morgan fingerprint density at radius 1 is 1.47 bits per heavy atom. The maximum atomic E-state index is 12.1. The molecule has 0 aromatic carbocycles. The summed E-state index contributed by atoms with van der Waals surface area (Å²) in [4.78, 5) is 25.2. The van der Waals surface area contributed by atoms with Crippen LogP contribution in [-0.4, -0.2) is 39.1 Å². The largest absolute Gasteiger partial charge is 0.347 e. The fraction of sp³-hybridized carbons (Fsp3) is 0.583. The van der Waals surface area contributed by atoms with Gasteiger partial charge in [0.1, 0.15) is 0 Å². The SMILES string of the molecule is Cc1nn(C)c(CN2C(=O)CNC(=O)CC2C)c1Br. The molecule has 0 aliphatic carbocycles. The van der Waals surface area contributed by atoms with Crippen molar-refractivity contribution in [1.82, 2.24) is 20.0 Å². The fourth-order valence-electron chi connectivity index (χ4n) is 2.23. The molecule has 1 atom stereocenters. The monoisotopic (exact) mass is 328 g/mol. The van der Waals surface area contributed by atoms with Crippen molar-refractivity contribution in [3.63, 3.8) is 0 Å². The van der Waals surface area contributed by atoms with Gasteiger partial charge in [0.05, 0.1) is 29.0 Å². The van der Waals surface area contributed by atoms with Crippen LogP contribution in [0.2, 0.25) is 0 Å². The average molecular weight is 329 g/mol. The lowest BCUT2D eigenvalue weighted by Crippen LogP contribution is -2.39. The van der Waals surface area contributed by atoms with Crippen molar-refractivity contribution >= 4 is 27.7 Å². The van der Waals surface area contributed by atoms with Crippen LogP contribution < -0.4 is 5.32 Å². The van der Waals surface area contributed by atoms with Gasteiger partial charge in [0.25, 0.3) is 0 Å². The molecule has 104 valence electrons. The van der Waals surface area contributed by atoms with Crippen molar-refractivity contribution < 1.29 is 9.59 Å². The van der Waals surface area contributed by atoms with Crippen LogP contribution in [0.15, 0.2) is 4.47 Å². The minimum absolute atomic E-state index is 0.0656. The first-order valence-corrected chi connectivity index (χ1v) is 6.93. The quantitative estimate of drug-likeness (QED) is 0.870. The fourth-order valence-corrected chi connectivity index (χ4v) is 2.69. The molecule has 1 aromatic rings. The summed E-state index contributed by atoms with van der Waals surface area (Å²) in [5.41, 5.74) is 1.83. The van der Waals surface area contributed by atoms with Crippen LogP contribution in [0.5, 0.6) is 0 Å². The van der Waals surface area contributed by atoms with E-state index in [1.54, 1.807) is 9.58 Å². The molecule has 1 aromatic heterocycles. The van der Waals surface area contributed by atoms with Crippen molar-refractivity contribution in [3.8, 4) is 0 Å². The van der Waals surface area contributed by atoms with Crippen LogP contribution in [0, 0.1) is 6.92 Å². The summed E-state index contributed by atoms with van der Waals surface area (Å²) in [6.07, 6.45) is 0.334. The van der Waals surface area contributed by atoms with E-state index in [4.69, 9.17) is 0 Å². The first-order valence-electron chi connectivity index (χ1n) is 6.14. The second-order valence-electron chi connectivity index (χ2n) is 4.82. The van der Waals surface area contributed by atoms with Crippen LogP contribution >= 0.6 is 15.9 Å². The molecule has 0 radical (unpaired) electrons. The normalized spacial score (nSPS) is 20.4. The molecule has 0 spiro atoms. The van der Waals surface area contributed by atoms with Crippen LogP contribution in [-0.2, 0) is 23.2 Å². The number of nitrogens with zero attached hydrogens (tertiary/aromatic N) is 3. The molecule has 1 aliphatic heterocycles.